The Hall–Kier alpha value is -0.710. The molecule has 0 saturated heterocycles. The van der Waals surface area contributed by atoms with Crippen LogP contribution in [0, 0.1) is 51.2 Å². The number of carbonyl (C=O) groups excluding carboxylic acids is 1. The Kier molecular flexibility index (Phi) is 5.44. The van der Waals surface area contributed by atoms with Crippen LogP contribution in [0.3, 0.4) is 0 Å². The molecule has 0 aliphatic heterocycles. The van der Waals surface area contributed by atoms with Crippen molar-refractivity contribution in [3.05, 3.63) is 11.6 Å². The van der Waals surface area contributed by atoms with E-state index in [2.05, 4.69) is 40.7 Å². The van der Waals surface area contributed by atoms with Crippen LogP contribution in [0.4, 0.5) is 0 Å². The first-order valence-electron chi connectivity index (χ1n) is 13.9. The van der Waals surface area contributed by atoms with Gasteiger partial charge in [0.1, 0.15) is 5.78 Å². The third-order valence-corrected chi connectivity index (χ3v) is 12.7. The Bertz CT molecular complexity index is 898. The van der Waals surface area contributed by atoms with E-state index in [1.165, 1.54) is 0 Å². The fourth-order valence-corrected chi connectivity index (χ4v) is 10.6. The summed E-state index contributed by atoms with van der Waals surface area (Å²) in [5.41, 5.74) is 0.338. The van der Waals surface area contributed by atoms with Crippen molar-refractivity contribution in [1.82, 2.24) is 0 Å². The standard InChI is InChI=1S/C30H48O4/c1-26(2)22-11-10-19-18(28(22,5)14-13-23(26)32)12-15-29(6)24(21(31)16-30(19,29)7)17-8-9-20(25(17)33)27(3,4)34/h10,17-18,20-22,24-25,31,33-34H,8-9,11-16H2,1-7H3/t17?,18-,20+,21-,22-,24+,25+,28+,29-,30+/m0/s1. The normalized spacial score (nSPS) is 52.6. The van der Waals surface area contributed by atoms with Gasteiger partial charge in [-0.1, -0.05) is 46.3 Å². The molecule has 0 amide bonds. The predicted molar refractivity (Wildman–Crippen MR) is 134 cm³/mol. The zero-order valence-corrected chi connectivity index (χ0v) is 22.5. The molecule has 0 aromatic carbocycles. The highest BCUT2D eigenvalue weighted by molar-refractivity contribution is 5.85. The SMILES string of the molecule is CC(C)(O)[C@@H]1CCC([C@@H]2[C@@H](O)C[C@]3(C)C4=CC[C@H]5C(C)(C)C(=O)CC[C@]5(C)[C@H]4CC[C@@]23C)[C@H]1O. The lowest BCUT2D eigenvalue weighted by Gasteiger charge is -2.63. The highest BCUT2D eigenvalue weighted by atomic mass is 16.3. The molecule has 192 valence electrons. The monoisotopic (exact) mass is 472 g/mol. The van der Waals surface area contributed by atoms with Crippen LogP contribution in [0.15, 0.2) is 11.6 Å². The molecular weight excluding hydrogens is 424 g/mol. The first-order valence-corrected chi connectivity index (χ1v) is 13.9. The number of rotatable bonds is 2. The topological polar surface area (TPSA) is 77.8 Å². The maximum Gasteiger partial charge on any atom is 0.138 e. The molecular formula is C30H48O4. The molecule has 5 aliphatic rings. The van der Waals surface area contributed by atoms with Gasteiger partial charge in [0.05, 0.1) is 17.8 Å². The van der Waals surface area contributed by atoms with Gasteiger partial charge in [0.25, 0.3) is 0 Å². The number of carbonyl (C=O) groups is 1. The number of ketones is 1. The second kappa shape index (κ2) is 7.42. The Morgan fingerprint density at radius 3 is 2.29 bits per heavy atom. The zero-order chi connectivity index (χ0) is 25.1. The van der Waals surface area contributed by atoms with Gasteiger partial charge in [-0.15, -0.1) is 0 Å². The summed E-state index contributed by atoms with van der Waals surface area (Å²) in [6, 6.07) is 0. The van der Waals surface area contributed by atoms with E-state index in [1.807, 2.05) is 13.8 Å². The molecule has 10 atom stereocenters. The predicted octanol–water partition coefficient (Wildman–Crippen LogP) is 5.29. The molecule has 3 N–H and O–H groups in total. The smallest absolute Gasteiger partial charge is 0.138 e. The third-order valence-electron chi connectivity index (χ3n) is 12.7. The number of aliphatic hydroxyl groups is 3. The van der Waals surface area contributed by atoms with Crippen LogP contribution in [0.1, 0.15) is 99.8 Å². The molecule has 1 unspecified atom stereocenters. The van der Waals surface area contributed by atoms with Crippen molar-refractivity contribution in [1.29, 1.82) is 0 Å². The summed E-state index contributed by atoms with van der Waals surface area (Å²) in [6.07, 6.45) is 8.74. The summed E-state index contributed by atoms with van der Waals surface area (Å²) in [5, 5.41) is 33.6. The average molecular weight is 473 g/mol. The Labute approximate surface area is 206 Å². The van der Waals surface area contributed by atoms with Gasteiger partial charge in [-0.2, -0.15) is 0 Å². The molecule has 4 nitrogen and oxygen atoms in total. The van der Waals surface area contributed by atoms with Gasteiger partial charge < -0.3 is 15.3 Å². The molecule has 34 heavy (non-hydrogen) atoms. The Morgan fingerprint density at radius 1 is 1.00 bits per heavy atom. The van der Waals surface area contributed by atoms with Crippen molar-refractivity contribution >= 4 is 5.78 Å². The van der Waals surface area contributed by atoms with Crippen molar-refractivity contribution in [2.45, 2.75) is 118 Å². The molecule has 0 spiro atoms. The second-order valence-electron chi connectivity index (χ2n) is 14.7. The summed E-state index contributed by atoms with van der Waals surface area (Å²) in [6.45, 7) is 15.2. The number of allylic oxidation sites excluding steroid dienone is 2. The van der Waals surface area contributed by atoms with Crippen molar-refractivity contribution in [3.8, 4) is 0 Å². The molecule has 0 aromatic rings. The lowest BCUT2D eigenvalue weighted by Crippen LogP contribution is -2.57. The van der Waals surface area contributed by atoms with Crippen LogP contribution >= 0.6 is 0 Å². The fraction of sp³-hybridized carbons (Fsp3) is 0.900. The van der Waals surface area contributed by atoms with E-state index < -0.39 is 17.8 Å². The quantitative estimate of drug-likeness (QED) is 0.477. The van der Waals surface area contributed by atoms with Crippen LogP contribution in [-0.4, -0.2) is 38.9 Å². The summed E-state index contributed by atoms with van der Waals surface area (Å²) < 4.78 is 0. The molecule has 0 radical (unpaired) electrons. The highest BCUT2D eigenvalue weighted by Gasteiger charge is 2.68. The largest absolute Gasteiger partial charge is 0.393 e. The summed E-state index contributed by atoms with van der Waals surface area (Å²) in [7, 11) is 0. The van der Waals surface area contributed by atoms with Crippen molar-refractivity contribution in [2.75, 3.05) is 0 Å². The number of Topliss-reactive ketones (excluding diaryl/α,β-unsaturated/α-hetero) is 1. The molecule has 4 saturated carbocycles. The van der Waals surface area contributed by atoms with Gasteiger partial charge in [0.15, 0.2) is 0 Å². The zero-order valence-electron chi connectivity index (χ0n) is 22.5. The van der Waals surface area contributed by atoms with Gasteiger partial charge in [-0.3, -0.25) is 4.79 Å². The average Bonchev–Trinajstić information content (AvgIpc) is 3.19. The third kappa shape index (κ3) is 3.03. The summed E-state index contributed by atoms with van der Waals surface area (Å²) in [5.74, 6) is 1.23. The van der Waals surface area contributed by atoms with Crippen LogP contribution in [0.2, 0.25) is 0 Å². The van der Waals surface area contributed by atoms with Gasteiger partial charge >= 0.3 is 0 Å². The maximum atomic E-state index is 12.8. The minimum atomic E-state index is -0.902. The minimum absolute atomic E-state index is 0.0357. The van der Waals surface area contributed by atoms with E-state index in [0.29, 0.717) is 24.0 Å². The molecule has 0 heterocycles. The number of hydrogen-bond donors (Lipinski definition) is 3. The lowest BCUT2D eigenvalue weighted by molar-refractivity contribution is -0.146. The molecule has 5 aliphatic carbocycles. The van der Waals surface area contributed by atoms with Gasteiger partial charge in [-0.25, -0.2) is 0 Å². The highest BCUT2D eigenvalue weighted by Crippen LogP contribution is 2.73. The van der Waals surface area contributed by atoms with Gasteiger partial charge in [-0.05, 0) is 98.7 Å². The second-order valence-corrected chi connectivity index (χ2v) is 14.7. The Morgan fingerprint density at radius 2 is 1.68 bits per heavy atom. The van der Waals surface area contributed by atoms with Crippen molar-refractivity contribution < 1.29 is 20.1 Å². The fourth-order valence-electron chi connectivity index (χ4n) is 10.6. The van der Waals surface area contributed by atoms with E-state index in [9.17, 15) is 20.1 Å². The first-order chi connectivity index (χ1) is 15.6. The van der Waals surface area contributed by atoms with E-state index in [1.54, 1.807) is 5.57 Å². The van der Waals surface area contributed by atoms with Crippen molar-refractivity contribution in [3.63, 3.8) is 0 Å². The number of aliphatic hydroxyl groups excluding tert-OH is 2. The molecule has 5 rings (SSSR count). The van der Waals surface area contributed by atoms with Crippen molar-refractivity contribution in [2.24, 2.45) is 51.2 Å². The lowest BCUT2D eigenvalue weighted by atomic mass is 9.41. The molecule has 0 bridgehead atoms. The molecule has 0 aromatic heterocycles. The minimum Gasteiger partial charge on any atom is -0.393 e. The molecule has 4 fully saturated rings. The van der Waals surface area contributed by atoms with Crippen LogP contribution in [-0.2, 0) is 4.79 Å². The molecule has 4 heteroatoms. The van der Waals surface area contributed by atoms with E-state index in [4.69, 9.17) is 0 Å². The Balaban J connectivity index is 1.51. The maximum absolute atomic E-state index is 12.8. The van der Waals surface area contributed by atoms with Gasteiger partial charge in [0.2, 0.25) is 0 Å². The van der Waals surface area contributed by atoms with Crippen LogP contribution in [0.25, 0.3) is 0 Å². The van der Waals surface area contributed by atoms with Crippen LogP contribution in [0.5, 0.6) is 0 Å². The van der Waals surface area contributed by atoms with Gasteiger partial charge in [0, 0.05) is 17.8 Å². The number of hydrogen-bond acceptors (Lipinski definition) is 4. The van der Waals surface area contributed by atoms with E-state index in [-0.39, 0.29) is 39.4 Å². The van der Waals surface area contributed by atoms with E-state index in [0.717, 1.165) is 44.9 Å². The summed E-state index contributed by atoms with van der Waals surface area (Å²) in [4.78, 5) is 12.8. The van der Waals surface area contributed by atoms with Crippen LogP contribution < -0.4 is 0 Å². The first kappa shape index (κ1) is 25.0. The summed E-state index contributed by atoms with van der Waals surface area (Å²) >= 11 is 0. The number of fused-ring (bicyclic) bond motifs is 5. The van der Waals surface area contributed by atoms with E-state index >= 15 is 0 Å².